The fraction of sp³-hybridized carbons (Fsp3) is 0.111. The van der Waals surface area contributed by atoms with Crippen LogP contribution >= 0.6 is 11.6 Å². The minimum atomic E-state index is -3.76. The van der Waals surface area contributed by atoms with Gasteiger partial charge in [0.1, 0.15) is 4.90 Å². The molecule has 0 amide bonds. The Bertz CT molecular complexity index is 425. The van der Waals surface area contributed by atoms with E-state index >= 15 is 0 Å². The third-order valence-corrected chi connectivity index (χ3v) is 3.23. The average molecular weight is 233 g/mol. The average Bonchev–Trinajstić information content (AvgIpc) is 2.15. The molecule has 0 spiro atoms. The van der Waals surface area contributed by atoms with Crippen LogP contribution in [0.3, 0.4) is 0 Å². The summed E-state index contributed by atoms with van der Waals surface area (Å²) in [5.74, 6) is 0. The van der Waals surface area contributed by atoms with E-state index in [1.807, 2.05) is 0 Å². The Kier molecular flexibility index (Phi) is 3.69. The van der Waals surface area contributed by atoms with Crippen molar-refractivity contribution in [2.24, 2.45) is 0 Å². The SMILES string of the molecule is C=CCOS(=O)(=O)c1ccccc1Cl. The molecule has 76 valence electrons. The van der Waals surface area contributed by atoms with Gasteiger partial charge in [0.05, 0.1) is 11.6 Å². The van der Waals surface area contributed by atoms with Crippen LogP contribution < -0.4 is 0 Å². The molecule has 3 nitrogen and oxygen atoms in total. The second-order valence-electron chi connectivity index (χ2n) is 2.46. The summed E-state index contributed by atoms with van der Waals surface area (Å²) in [4.78, 5) is -0.0245. The molecule has 14 heavy (non-hydrogen) atoms. The van der Waals surface area contributed by atoms with Gasteiger partial charge in [0.25, 0.3) is 10.1 Å². The molecule has 1 rings (SSSR count). The van der Waals surface area contributed by atoms with E-state index in [9.17, 15) is 8.42 Å². The summed E-state index contributed by atoms with van der Waals surface area (Å²) < 4.78 is 27.5. The van der Waals surface area contributed by atoms with E-state index in [-0.39, 0.29) is 16.5 Å². The van der Waals surface area contributed by atoms with E-state index < -0.39 is 10.1 Å². The summed E-state index contributed by atoms with van der Waals surface area (Å²) in [6, 6.07) is 6.11. The lowest BCUT2D eigenvalue weighted by Crippen LogP contribution is -2.06. The number of rotatable bonds is 4. The van der Waals surface area contributed by atoms with Gasteiger partial charge in [-0.25, -0.2) is 0 Å². The number of hydrogen-bond acceptors (Lipinski definition) is 3. The Morgan fingerprint density at radius 3 is 2.64 bits per heavy atom. The summed E-state index contributed by atoms with van der Waals surface area (Å²) in [6.07, 6.45) is 1.36. The second kappa shape index (κ2) is 4.59. The highest BCUT2D eigenvalue weighted by atomic mass is 35.5. The first-order valence-corrected chi connectivity index (χ1v) is 5.61. The van der Waals surface area contributed by atoms with Crippen LogP contribution in [0.4, 0.5) is 0 Å². The molecule has 0 bridgehead atoms. The molecule has 0 radical (unpaired) electrons. The highest BCUT2D eigenvalue weighted by Gasteiger charge is 2.17. The molecule has 0 aromatic heterocycles. The Morgan fingerprint density at radius 2 is 2.07 bits per heavy atom. The van der Waals surface area contributed by atoms with Crippen LogP contribution in [-0.4, -0.2) is 15.0 Å². The van der Waals surface area contributed by atoms with Crippen molar-refractivity contribution >= 4 is 21.7 Å². The van der Waals surface area contributed by atoms with Gasteiger partial charge in [0.2, 0.25) is 0 Å². The first-order valence-electron chi connectivity index (χ1n) is 3.83. The minimum absolute atomic E-state index is 0.0245. The molecular weight excluding hydrogens is 224 g/mol. The molecule has 0 aliphatic heterocycles. The topological polar surface area (TPSA) is 43.4 Å². The summed E-state index contributed by atoms with van der Waals surface area (Å²) in [7, 11) is -3.76. The molecule has 0 unspecified atom stereocenters. The maximum atomic E-state index is 11.5. The van der Waals surface area contributed by atoms with E-state index in [0.29, 0.717) is 0 Å². The van der Waals surface area contributed by atoms with Gasteiger partial charge in [0, 0.05) is 0 Å². The van der Waals surface area contributed by atoms with Gasteiger partial charge in [-0.1, -0.05) is 29.8 Å². The van der Waals surface area contributed by atoms with Crippen LogP contribution in [0.15, 0.2) is 41.8 Å². The van der Waals surface area contributed by atoms with E-state index in [0.717, 1.165) is 0 Å². The van der Waals surface area contributed by atoms with Crippen molar-refractivity contribution in [3.05, 3.63) is 41.9 Å². The molecule has 0 aliphatic carbocycles. The monoisotopic (exact) mass is 232 g/mol. The molecule has 0 saturated heterocycles. The lowest BCUT2D eigenvalue weighted by Gasteiger charge is -2.04. The van der Waals surface area contributed by atoms with E-state index in [2.05, 4.69) is 10.8 Å². The van der Waals surface area contributed by atoms with Crippen LogP contribution in [0, 0.1) is 0 Å². The van der Waals surface area contributed by atoms with E-state index in [1.54, 1.807) is 12.1 Å². The van der Waals surface area contributed by atoms with Gasteiger partial charge >= 0.3 is 0 Å². The Balaban J connectivity index is 3.04. The molecule has 0 aliphatic rings. The zero-order valence-electron chi connectivity index (χ0n) is 7.31. The zero-order valence-corrected chi connectivity index (χ0v) is 8.88. The van der Waals surface area contributed by atoms with Crippen LogP contribution in [0.5, 0.6) is 0 Å². The van der Waals surface area contributed by atoms with Crippen LogP contribution in [0.25, 0.3) is 0 Å². The molecule has 5 heteroatoms. The van der Waals surface area contributed by atoms with Crippen molar-refractivity contribution in [3.8, 4) is 0 Å². The first kappa shape index (κ1) is 11.2. The number of halogens is 1. The molecule has 0 saturated carbocycles. The fourth-order valence-electron chi connectivity index (χ4n) is 0.849. The van der Waals surface area contributed by atoms with Gasteiger partial charge in [-0.05, 0) is 12.1 Å². The summed E-state index contributed by atoms with van der Waals surface area (Å²) in [6.45, 7) is 3.30. The second-order valence-corrected chi connectivity index (χ2v) is 4.45. The molecule has 1 aromatic carbocycles. The normalized spacial score (nSPS) is 11.2. The maximum Gasteiger partial charge on any atom is 0.298 e. The third-order valence-electron chi connectivity index (χ3n) is 1.45. The van der Waals surface area contributed by atoms with E-state index in [4.69, 9.17) is 11.6 Å². The van der Waals surface area contributed by atoms with Crippen molar-refractivity contribution in [3.63, 3.8) is 0 Å². The highest BCUT2D eigenvalue weighted by molar-refractivity contribution is 7.86. The van der Waals surface area contributed by atoms with Crippen molar-refractivity contribution in [2.45, 2.75) is 4.90 Å². The van der Waals surface area contributed by atoms with Gasteiger partial charge < -0.3 is 0 Å². The zero-order chi connectivity index (χ0) is 10.6. The van der Waals surface area contributed by atoms with Crippen LogP contribution in [0.2, 0.25) is 5.02 Å². The molecule has 0 fully saturated rings. The standard InChI is InChI=1S/C9H9ClO3S/c1-2-7-13-14(11,12)9-6-4-3-5-8(9)10/h2-6H,1,7H2. The van der Waals surface area contributed by atoms with Crippen LogP contribution in [-0.2, 0) is 14.3 Å². The Hall–Kier alpha value is -0.840. The summed E-state index contributed by atoms with van der Waals surface area (Å²) in [5, 5.41) is 0.150. The van der Waals surface area contributed by atoms with Gasteiger partial charge in [-0.3, -0.25) is 4.18 Å². The largest absolute Gasteiger partial charge is 0.298 e. The maximum absolute atomic E-state index is 11.5. The third kappa shape index (κ3) is 2.57. The molecular formula is C9H9ClO3S. The van der Waals surface area contributed by atoms with Gasteiger partial charge in [-0.2, -0.15) is 8.42 Å². The predicted molar refractivity (Wildman–Crippen MR) is 54.8 cm³/mol. The predicted octanol–water partition coefficient (Wildman–Crippen LogP) is 2.23. The van der Waals surface area contributed by atoms with Crippen molar-refractivity contribution in [1.82, 2.24) is 0 Å². The quantitative estimate of drug-likeness (QED) is 0.591. The van der Waals surface area contributed by atoms with Crippen LogP contribution in [0.1, 0.15) is 0 Å². The van der Waals surface area contributed by atoms with Crippen molar-refractivity contribution in [1.29, 1.82) is 0 Å². The Labute approximate surface area is 88.1 Å². The smallest absolute Gasteiger partial charge is 0.262 e. The molecule has 0 heterocycles. The van der Waals surface area contributed by atoms with E-state index in [1.165, 1.54) is 18.2 Å². The summed E-state index contributed by atoms with van der Waals surface area (Å²) in [5.41, 5.74) is 0. The molecule has 0 N–H and O–H groups in total. The lowest BCUT2D eigenvalue weighted by molar-refractivity contribution is 0.357. The highest BCUT2D eigenvalue weighted by Crippen LogP contribution is 2.22. The lowest BCUT2D eigenvalue weighted by atomic mass is 10.4. The minimum Gasteiger partial charge on any atom is -0.262 e. The van der Waals surface area contributed by atoms with Crippen molar-refractivity contribution < 1.29 is 12.6 Å². The Morgan fingerprint density at radius 1 is 1.43 bits per heavy atom. The fourth-order valence-corrected chi connectivity index (χ4v) is 2.22. The number of benzene rings is 1. The van der Waals surface area contributed by atoms with Gasteiger partial charge in [-0.15, -0.1) is 6.58 Å². The number of hydrogen-bond donors (Lipinski definition) is 0. The molecule has 1 aromatic rings. The van der Waals surface area contributed by atoms with Crippen molar-refractivity contribution in [2.75, 3.05) is 6.61 Å². The first-order chi connectivity index (χ1) is 6.58. The summed E-state index contributed by atoms with van der Waals surface area (Å²) >= 11 is 5.70. The van der Waals surface area contributed by atoms with Gasteiger partial charge in [0.15, 0.2) is 0 Å². The molecule has 0 atom stereocenters.